The number of para-hydroxylation sites is 2. The molecule has 0 radical (unpaired) electrons. The summed E-state index contributed by atoms with van der Waals surface area (Å²) in [5.74, 6) is 0.795. The van der Waals surface area contributed by atoms with Gasteiger partial charge in [-0.25, -0.2) is 0 Å². The summed E-state index contributed by atoms with van der Waals surface area (Å²) in [7, 11) is 1.64. The third kappa shape index (κ3) is 3.57. The van der Waals surface area contributed by atoms with Crippen LogP contribution in [0.2, 0.25) is 0 Å². The molecule has 3 aromatic carbocycles. The number of fused-ring (bicyclic) bond motifs is 1. The highest BCUT2D eigenvalue weighted by Gasteiger charge is 2.21. The summed E-state index contributed by atoms with van der Waals surface area (Å²) in [6.45, 7) is 0. The van der Waals surface area contributed by atoms with Gasteiger partial charge in [-0.3, -0.25) is 15.1 Å². The first-order valence-electron chi connectivity index (χ1n) is 8.96. The fourth-order valence-corrected chi connectivity index (χ4v) is 3.31. The lowest BCUT2D eigenvalue weighted by atomic mass is 9.97. The van der Waals surface area contributed by atoms with Crippen molar-refractivity contribution in [3.05, 3.63) is 94.0 Å². The predicted molar refractivity (Wildman–Crippen MR) is 110 cm³/mol. The fourth-order valence-electron chi connectivity index (χ4n) is 3.31. The monoisotopic (exact) mass is 373 g/mol. The minimum atomic E-state index is -0.385. The second-order valence-corrected chi connectivity index (χ2v) is 6.55. The van der Waals surface area contributed by atoms with Crippen LogP contribution in [0.5, 0.6) is 5.75 Å². The summed E-state index contributed by atoms with van der Waals surface area (Å²) in [5.41, 5.74) is 4.84. The zero-order valence-corrected chi connectivity index (χ0v) is 15.3. The topological polar surface area (TPSA) is 76.8 Å². The first-order valence-corrected chi connectivity index (χ1v) is 8.96. The number of nitrogens with zero attached hydrogens (tertiary/aromatic N) is 2. The van der Waals surface area contributed by atoms with Crippen molar-refractivity contribution in [3.8, 4) is 5.75 Å². The van der Waals surface area contributed by atoms with Crippen LogP contribution in [-0.4, -0.2) is 17.7 Å². The number of aliphatic imine (C=N–C) groups is 1. The Labute approximate surface area is 162 Å². The molecule has 3 aromatic rings. The molecule has 1 heterocycles. The minimum absolute atomic E-state index is 0.0506. The van der Waals surface area contributed by atoms with Crippen LogP contribution in [0.4, 0.5) is 17.1 Å². The van der Waals surface area contributed by atoms with E-state index >= 15 is 0 Å². The number of nitro benzene ring substituents is 1. The Morgan fingerprint density at radius 3 is 2.43 bits per heavy atom. The second-order valence-electron chi connectivity index (χ2n) is 6.55. The van der Waals surface area contributed by atoms with Crippen molar-refractivity contribution >= 4 is 22.8 Å². The van der Waals surface area contributed by atoms with E-state index in [2.05, 4.69) is 5.32 Å². The summed E-state index contributed by atoms with van der Waals surface area (Å²) < 4.78 is 5.25. The number of ether oxygens (including phenoxy) is 1. The summed E-state index contributed by atoms with van der Waals surface area (Å²) in [5, 5.41) is 14.5. The van der Waals surface area contributed by atoms with Crippen molar-refractivity contribution < 1.29 is 9.66 Å². The maximum atomic E-state index is 11.0. The standard InChI is InChI=1S/C22H19N3O3/c1-28-18-12-8-16(9-13-18)22-14-21(15-6-10-17(11-7-15)25(26)27)23-19-4-2-3-5-20(19)24-22/h2-13,21,23H,14H2,1H3. The second kappa shape index (κ2) is 7.52. The molecule has 1 unspecified atom stereocenters. The van der Waals surface area contributed by atoms with E-state index in [4.69, 9.17) is 9.73 Å². The van der Waals surface area contributed by atoms with Crippen LogP contribution in [0.25, 0.3) is 0 Å². The Morgan fingerprint density at radius 1 is 1.04 bits per heavy atom. The average molecular weight is 373 g/mol. The van der Waals surface area contributed by atoms with Gasteiger partial charge in [0.2, 0.25) is 0 Å². The lowest BCUT2D eigenvalue weighted by Crippen LogP contribution is -2.14. The molecule has 0 aromatic heterocycles. The van der Waals surface area contributed by atoms with Crippen molar-refractivity contribution in [1.82, 2.24) is 0 Å². The molecule has 0 amide bonds. The van der Waals surface area contributed by atoms with Gasteiger partial charge in [0, 0.05) is 18.6 Å². The van der Waals surface area contributed by atoms with Crippen LogP contribution < -0.4 is 10.1 Å². The van der Waals surface area contributed by atoms with E-state index in [-0.39, 0.29) is 16.7 Å². The highest BCUT2D eigenvalue weighted by molar-refractivity contribution is 6.04. The molecule has 6 heteroatoms. The molecule has 1 aliphatic heterocycles. The van der Waals surface area contributed by atoms with Crippen molar-refractivity contribution in [2.24, 2.45) is 4.99 Å². The number of methoxy groups -OCH3 is 1. The van der Waals surface area contributed by atoms with Crippen LogP contribution in [0, 0.1) is 10.1 Å². The molecule has 0 saturated heterocycles. The molecule has 0 aliphatic carbocycles. The Balaban J connectivity index is 1.73. The molecule has 0 saturated carbocycles. The maximum Gasteiger partial charge on any atom is 0.269 e. The van der Waals surface area contributed by atoms with E-state index < -0.39 is 0 Å². The minimum Gasteiger partial charge on any atom is -0.497 e. The summed E-state index contributed by atoms with van der Waals surface area (Å²) in [6.07, 6.45) is 0.652. The lowest BCUT2D eigenvalue weighted by molar-refractivity contribution is -0.384. The highest BCUT2D eigenvalue weighted by atomic mass is 16.6. The van der Waals surface area contributed by atoms with Crippen molar-refractivity contribution in [3.63, 3.8) is 0 Å². The van der Waals surface area contributed by atoms with Gasteiger partial charge < -0.3 is 10.1 Å². The normalized spacial score (nSPS) is 15.6. The summed E-state index contributed by atoms with van der Waals surface area (Å²) in [4.78, 5) is 15.5. The van der Waals surface area contributed by atoms with Crippen LogP contribution in [-0.2, 0) is 0 Å². The maximum absolute atomic E-state index is 11.0. The average Bonchev–Trinajstić information content (AvgIpc) is 2.93. The van der Waals surface area contributed by atoms with Crippen molar-refractivity contribution in [1.29, 1.82) is 0 Å². The molecule has 1 aliphatic rings. The Hall–Kier alpha value is -3.67. The molecule has 4 rings (SSSR count). The first-order chi connectivity index (χ1) is 13.6. The van der Waals surface area contributed by atoms with E-state index in [9.17, 15) is 10.1 Å². The number of hydrogen-bond acceptors (Lipinski definition) is 5. The van der Waals surface area contributed by atoms with Gasteiger partial charge in [-0.15, -0.1) is 0 Å². The molecule has 140 valence electrons. The van der Waals surface area contributed by atoms with E-state index in [1.54, 1.807) is 19.2 Å². The number of anilines is 1. The van der Waals surface area contributed by atoms with Crippen molar-refractivity contribution in [2.75, 3.05) is 12.4 Å². The van der Waals surface area contributed by atoms with E-state index in [1.165, 1.54) is 12.1 Å². The van der Waals surface area contributed by atoms with Gasteiger partial charge in [-0.1, -0.05) is 24.3 Å². The molecular formula is C22H19N3O3. The fraction of sp³-hybridized carbons (Fsp3) is 0.136. The smallest absolute Gasteiger partial charge is 0.269 e. The molecule has 0 bridgehead atoms. The van der Waals surface area contributed by atoms with E-state index in [0.717, 1.165) is 34.0 Å². The largest absolute Gasteiger partial charge is 0.497 e. The Kier molecular flexibility index (Phi) is 4.76. The van der Waals surface area contributed by atoms with Crippen LogP contribution in [0.3, 0.4) is 0 Å². The molecule has 1 N–H and O–H groups in total. The first kappa shape index (κ1) is 17.7. The SMILES string of the molecule is COc1ccc(C2=Nc3ccccc3NC(c3ccc([N+](=O)[O-])cc3)C2)cc1. The van der Waals surface area contributed by atoms with E-state index in [1.807, 2.05) is 48.5 Å². The third-order valence-electron chi connectivity index (χ3n) is 4.82. The van der Waals surface area contributed by atoms with Crippen LogP contribution >= 0.6 is 0 Å². The molecule has 28 heavy (non-hydrogen) atoms. The van der Waals surface area contributed by atoms with E-state index in [0.29, 0.717) is 6.42 Å². The van der Waals surface area contributed by atoms with Gasteiger partial charge in [0.25, 0.3) is 5.69 Å². The number of hydrogen-bond donors (Lipinski definition) is 1. The number of nitro groups is 1. The Morgan fingerprint density at radius 2 is 1.75 bits per heavy atom. The zero-order valence-electron chi connectivity index (χ0n) is 15.3. The molecular weight excluding hydrogens is 354 g/mol. The molecule has 0 fully saturated rings. The summed E-state index contributed by atoms with van der Waals surface area (Å²) >= 11 is 0. The van der Waals surface area contributed by atoms with Crippen LogP contribution in [0.1, 0.15) is 23.6 Å². The summed E-state index contributed by atoms with van der Waals surface area (Å²) in [6, 6.07) is 22.4. The van der Waals surface area contributed by atoms with Gasteiger partial charge in [0.05, 0.1) is 35.2 Å². The molecule has 1 atom stereocenters. The number of nitrogens with one attached hydrogen (secondary N) is 1. The quantitative estimate of drug-likeness (QED) is 0.498. The number of non-ortho nitro benzene ring substituents is 1. The number of benzene rings is 3. The number of rotatable bonds is 4. The lowest BCUT2D eigenvalue weighted by Gasteiger charge is -2.19. The molecule has 0 spiro atoms. The van der Waals surface area contributed by atoms with Gasteiger partial charge in [0.1, 0.15) is 5.75 Å². The predicted octanol–water partition coefficient (Wildman–Crippen LogP) is 5.28. The molecule has 6 nitrogen and oxygen atoms in total. The van der Waals surface area contributed by atoms with Gasteiger partial charge in [-0.2, -0.15) is 0 Å². The van der Waals surface area contributed by atoms with Crippen molar-refractivity contribution in [2.45, 2.75) is 12.5 Å². The van der Waals surface area contributed by atoms with Gasteiger partial charge in [0.15, 0.2) is 0 Å². The van der Waals surface area contributed by atoms with Gasteiger partial charge in [-0.05, 0) is 47.5 Å². The zero-order chi connectivity index (χ0) is 19.5. The Bertz CT molecular complexity index is 1030. The highest BCUT2D eigenvalue weighted by Crippen LogP contribution is 2.35. The van der Waals surface area contributed by atoms with Gasteiger partial charge >= 0.3 is 0 Å². The van der Waals surface area contributed by atoms with Crippen LogP contribution in [0.15, 0.2) is 77.8 Å². The third-order valence-corrected chi connectivity index (χ3v) is 4.82.